The Morgan fingerprint density at radius 2 is 2.00 bits per heavy atom. The molecule has 1 aliphatic carbocycles. The molecule has 5 nitrogen and oxygen atoms in total. The molecule has 0 saturated heterocycles. The Balaban J connectivity index is 2.28. The Bertz CT molecular complexity index is 288. The summed E-state index contributed by atoms with van der Waals surface area (Å²) < 4.78 is 4.70. The normalized spacial score (nSPS) is 16.4. The summed E-state index contributed by atoms with van der Waals surface area (Å²) in [5.41, 5.74) is 0. The largest absolute Gasteiger partial charge is 0.467 e. The molecule has 0 radical (unpaired) electrons. The van der Waals surface area contributed by atoms with Gasteiger partial charge in [-0.2, -0.15) is 0 Å². The fourth-order valence-corrected chi connectivity index (χ4v) is 1.77. The number of ether oxygens (including phenoxy) is 1. The lowest BCUT2D eigenvalue weighted by molar-refractivity contribution is -0.145. The minimum Gasteiger partial charge on any atom is -0.467 e. The van der Waals surface area contributed by atoms with Crippen molar-refractivity contribution in [3.05, 3.63) is 0 Å². The highest BCUT2D eigenvalue weighted by Gasteiger charge is 2.23. The molecule has 2 N–H and O–H groups in total. The second-order valence-electron chi connectivity index (χ2n) is 5.25. The lowest BCUT2D eigenvalue weighted by atomic mass is 10.0. The number of hydrogen-bond acceptors (Lipinski definition) is 4. The molecule has 18 heavy (non-hydrogen) atoms. The molecule has 0 aromatic carbocycles. The van der Waals surface area contributed by atoms with Crippen molar-refractivity contribution in [3.63, 3.8) is 0 Å². The molecule has 1 aliphatic rings. The second kappa shape index (κ2) is 7.36. The molecule has 0 heterocycles. The smallest absolute Gasteiger partial charge is 0.328 e. The van der Waals surface area contributed by atoms with Gasteiger partial charge in [-0.05, 0) is 25.2 Å². The number of hydrogen-bond donors (Lipinski definition) is 2. The Hall–Kier alpha value is -1.10. The van der Waals surface area contributed by atoms with E-state index in [1.54, 1.807) is 0 Å². The van der Waals surface area contributed by atoms with Crippen LogP contribution in [0, 0.1) is 5.92 Å². The van der Waals surface area contributed by atoms with Crippen LogP contribution in [0.4, 0.5) is 0 Å². The first-order chi connectivity index (χ1) is 8.52. The van der Waals surface area contributed by atoms with Gasteiger partial charge in [-0.15, -0.1) is 0 Å². The minimum atomic E-state index is -0.525. The molecule has 0 unspecified atom stereocenters. The quantitative estimate of drug-likeness (QED) is 0.631. The third kappa shape index (κ3) is 6.00. The molecule has 104 valence electrons. The van der Waals surface area contributed by atoms with Crippen LogP contribution in [0.2, 0.25) is 0 Å². The number of nitrogens with one attached hydrogen (secondary N) is 2. The van der Waals surface area contributed by atoms with E-state index in [1.807, 2.05) is 13.8 Å². The van der Waals surface area contributed by atoms with Crippen molar-refractivity contribution in [2.45, 2.75) is 51.6 Å². The van der Waals surface area contributed by atoms with Gasteiger partial charge in [-0.25, -0.2) is 4.79 Å². The van der Waals surface area contributed by atoms with Gasteiger partial charge in [0.25, 0.3) is 0 Å². The van der Waals surface area contributed by atoms with Crippen LogP contribution in [0.1, 0.15) is 39.5 Å². The van der Waals surface area contributed by atoms with E-state index in [2.05, 4.69) is 10.6 Å². The van der Waals surface area contributed by atoms with Crippen LogP contribution in [0.25, 0.3) is 0 Å². The van der Waals surface area contributed by atoms with Crippen LogP contribution >= 0.6 is 0 Å². The highest BCUT2D eigenvalue weighted by Crippen LogP contribution is 2.18. The van der Waals surface area contributed by atoms with E-state index in [0.717, 1.165) is 0 Å². The van der Waals surface area contributed by atoms with Crippen LogP contribution in [0.5, 0.6) is 0 Å². The molecule has 1 fully saturated rings. The van der Waals surface area contributed by atoms with Gasteiger partial charge in [-0.3, -0.25) is 4.79 Å². The third-order valence-electron chi connectivity index (χ3n) is 2.89. The number of amides is 1. The second-order valence-corrected chi connectivity index (χ2v) is 5.25. The molecular formula is C13H24N2O3. The maximum absolute atomic E-state index is 11.7. The maximum Gasteiger partial charge on any atom is 0.328 e. The fraction of sp³-hybridized carbons (Fsp3) is 0.846. The summed E-state index contributed by atoms with van der Waals surface area (Å²) in [6.07, 6.45) is 3.43. The molecule has 0 aromatic rings. The molecular weight excluding hydrogens is 232 g/mol. The molecule has 1 atom stereocenters. The summed E-state index contributed by atoms with van der Waals surface area (Å²) >= 11 is 0. The summed E-state index contributed by atoms with van der Waals surface area (Å²) in [7, 11) is 1.34. The average molecular weight is 256 g/mol. The molecule has 1 rings (SSSR count). The monoisotopic (exact) mass is 256 g/mol. The summed E-state index contributed by atoms with van der Waals surface area (Å²) in [6.45, 7) is 4.69. The average Bonchev–Trinajstić information content (AvgIpc) is 3.10. The van der Waals surface area contributed by atoms with Crippen molar-refractivity contribution in [1.82, 2.24) is 10.6 Å². The van der Waals surface area contributed by atoms with E-state index < -0.39 is 6.04 Å². The van der Waals surface area contributed by atoms with Gasteiger partial charge in [0.2, 0.25) is 5.91 Å². The predicted octanol–water partition coefficient (Wildman–Crippen LogP) is 0.832. The zero-order valence-electron chi connectivity index (χ0n) is 11.5. The van der Waals surface area contributed by atoms with Crippen LogP contribution in [-0.2, 0) is 14.3 Å². The molecule has 0 spiro atoms. The lowest BCUT2D eigenvalue weighted by Crippen LogP contribution is -2.43. The molecule has 1 saturated carbocycles. The number of carbonyl (C=O) groups excluding carboxylic acids is 2. The number of rotatable bonds is 8. The van der Waals surface area contributed by atoms with Gasteiger partial charge in [0, 0.05) is 19.0 Å². The van der Waals surface area contributed by atoms with E-state index in [9.17, 15) is 9.59 Å². The summed E-state index contributed by atoms with van der Waals surface area (Å²) in [6, 6.07) is 0.0771. The van der Waals surface area contributed by atoms with E-state index >= 15 is 0 Å². The minimum absolute atomic E-state index is 0.0980. The maximum atomic E-state index is 11.7. The number of esters is 1. The molecule has 5 heteroatoms. The Labute approximate surface area is 109 Å². The number of methoxy groups -OCH3 is 1. The van der Waals surface area contributed by atoms with E-state index in [1.165, 1.54) is 20.0 Å². The third-order valence-corrected chi connectivity index (χ3v) is 2.89. The van der Waals surface area contributed by atoms with E-state index in [-0.39, 0.29) is 11.9 Å². The number of carbonyl (C=O) groups is 2. The van der Waals surface area contributed by atoms with Gasteiger partial charge >= 0.3 is 5.97 Å². The Kier molecular flexibility index (Phi) is 6.12. The predicted molar refractivity (Wildman–Crippen MR) is 69.0 cm³/mol. The highest BCUT2D eigenvalue weighted by molar-refractivity contribution is 5.84. The van der Waals surface area contributed by atoms with Gasteiger partial charge in [0.05, 0.1) is 7.11 Å². The summed E-state index contributed by atoms with van der Waals surface area (Å²) in [5.74, 6) is -0.134. The lowest BCUT2D eigenvalue weighted by Gasteiger charge is -2.18. The van der Waals surface area contributed by atoms with Crippen molar-refractivity contribution >= 4 is 11.9 Å². The summed E-state index contributed by atoms with van der Waals surface area (Å²) in [5, 5.41) is 6.01. The standard InChI is InChI=1S/C13H24N2O3/c1-9(2)8-11(13(17)18-3)15-12(16)6-7-14-10-4-5-10/h9-11,14H,4-8H2,1-3H3,(H,15,16)/t11-/m0/s1. The van der Waals surface area contributed by atoms with Crippen LogP contribution in [0.3, 0.4) is 0 Å². The van der Waals surface area contributed by atoms with Crippen molar-refractivity contribution in [2.75, 3.05) is 13.7 Å². The van der Waals surface area contributed by atoms with Gasteiger partial charge < -0.3 is 15.4 Å². The Morgan fingerprint density at radius 3 is 2.50 bits per heavy atom. The van der Waals surface area contributed by atoms with E-state index in [4.69, 9.17) is 4.74 Å². The van der Waals surface area contributed by atoms with Crippen molar-refractivity contribution < 1.29 is 14.3 Å². The first kappa shape index (κ1) is 15.0. The fourth-order valence-electron chi connectivity index (χ4n) is 1.77. The van der Waals surface area contributed by atoms with Gasteiger partial charge in [-0.1, -0.05) is 13.8 Å². The van der Waals surface area contributed by atoms with Crippen molar-refractivity contribution in [1.29, 1.82) is 0 Å². The van der Waals surface area contributed by atoms with Crippen molar-refractivity contribution in [2.24, 2.45) is 5.92 Å². The molecule has 0 aromatic heterocycles. The summed E-state index contributed by atoms with van der Waals surface area (Å²) in [4.78, 5) is 23.2. The first-order valence-corrected chi connectivity index (χ1v) is 6.63. The van der Waals surface area contributed by atoms with Gasteiger partial charge in [0.15, 0.2) is 0 Å². The molecule has 0 bridgehead atoms. The zero-order valence-corrected chi connectivity index (χ0v) is 11.5. The Morgan fingerprint density at radius 1 is 1.33 bits per heavy atom. The SMILES string of the molecule is COC(=O)[C@H](CC(C)C)NC(=O)CCNC1CC1. The molecule has 1 amide bonds. The molecule has 0 aliphatic heterocycles. The zero-order chi connectivity index (χ0) is 13.5. The van der Waals surface area contributed by atoms with E-state index in [0.29, 0.717) is 31.3 Å². The van der Waals surface area contributed by atoms with Crippen LogP contribution < -0.4 is 10.6 Å². The van der Waals surface area contributed by atoms with Crippen molar-refractivity contribution in [3.8, 4) is 0 Å². The van der Waals surface area contributed by atoms with Gasteiger partial charge in [0.1, 0.15) is 6.04 Å². The van der Waals surface area contributed by atoms with Crippen LogP contribution in [-0.4, -0.2) is 37.6 Å². The first-order valence-electron chi connectivity index (χ1n) is 6.63. The topological polar surface area (TPSA) is 67.4 Å². The van der Waals surface area contributed by atoms with Crippen LogP contribution in [0.15, 0.2) is 0 Å². The highest BCUT2D eigenvalue weighted by atomic mass is 16.5.